The van der Waals surface area contributed by atoms with Crippen molar-refractivity contribution >= 4 is 40.8 Å². The molecule has 0 fully saturated rings. The fraction of sp³-hybridized carbons (Fsp3) is 0.125. The van der Waals surface area contributed by atoms with Gasteiger partial charge in [0.05, 0.1) is 15.6 Å². The first kappa shape index (κ1) is 16.3. The molecule has 6 heteroatoms. The van der Waals surface area contributed by atoms with Gasteiger partial charge in [-0.25, -0.2) is 4.79 Å². The van der Waals surface area contributed by atoms with Crippen molar-refractivity contribution in [2.75, 3.05) is 5.32 Å². The smallest absolute Gasteiger partial charge is 0.338 e. The Kier molecular flexibility index (Phi) is 5.41. The standard InChI is InChI=1S/C16H13Cl2NO3/c1-10(15(20)19-12-5-3-2-4-6-12)22-16(21)11-7-8-13(17)14(18)9-11/h2-10H,1H3,(H,19,20)/t10-/m0/s1. The van der Waals surface area contributed by atoms with Crippen LogP contribution in [0.5, 0.6) is 0 Å². The highest BCUT2D eigenvalue weighted by atomic mass is 35.5. The lowest BCUT2D eigenvalue weighted by Gasteiger charge is -2.13. The Balaban J connectivity index is 1.98. The van der Waals surface area contributed by atoms with Crippen LogP contribution in [0.25, 0.3) is 0 Å². The molecule has 2 aromatic carbocycles. The molecule has 0 bridgehead atoms. The Morgan fingerprint density at radius 2 is 1.73 bits per heavy atom. The van der Waals surface area contributed by atoms with Crippen molar-refractivity contribution in [3.05, 3.63) is 64.1 Å². The maximum atomic E-state index is 12.0. The first-order chi connectivity index (χ1) is 10.5. The molecule has 1 atom stereocenters. The topological polar surface area (TPSA) is 55.4 Å². The van der Waals surface area contributed by atoms with Crippen LogP contribution in [0.15, 0.2) is 48.5 Å². The van der Waals surface area contributed by atoms with Crippen LogP contribution in [0.3, 0.4) is 0 Å². The van der Waals surface area contributed by atoms with E-state index in [2.05, 4.69) is 5.32 Å². The zero-order valence-corrected chi connectivity index (χ0v) is 13.2. The van der Waals surface area contributed by atoms with E-state index in [0.717, 1.165) is 0 Å². The summed E-state index contributed by atoms with van der Waals surface area (Å²) >= 11 is 11.6. The van der Waals surface area contributed by atoms with Gasteiger partial charge in [-0.05, 0) is 37.3 Å². The summed E-state index contributed by atoms with van der Waals surface area (Å²) in [6.07, 6.45) is -0.942. The van der Waals surface area contributed by atoms with Crippen molar-refractivity contribution < 1.29 is 14.3 Å². The van der Waals surface area contributed by atoms with E-state index in [1.54, 1.807) is 24.3 Å². The highest BCUT2D eigenvalue weighted by Crippen LogP contribution is 2.23. The molecule has 0 aliphatic heterocycles. The summed E-state index contributed by atoms with van der Waals surface area (Å²) in [5.74, 6) is -1.06. The number of carbonyl (C=O) groups excluding carboxylic acids is 2. The molecule has 4 nitrogen and oxygen atoms in total. The fourth-order valence-corrected chi connectivity index (χ4v) is 1.97. The summed E-state index contributed by atoms with van der Waals surface area (Å²) < 4.78 is 5.11. The van der Waals surface area contributed by atoms with E-state index in [4.69, 9.17) is 27.9 Å². The Hall–Kier alpha value is -2.04. The van der Waals surface area contributed by atoms with E-state index in [-0.39, 0.29) is 10.6 Å². The highest BCUT2D eigenvalue weighted by Gasteiger charge is 2.19. The molecule has 0 saturated heterocycles. The molecular formula is C16H13Cl2NO3. The number of rotatable bonds is 4. The van der Waals surface area contributed by atoms with Crippen LogP contribution in [0.4, 0.5) is 5.69 Å². The molecule has 0 saturated carbocycles. The summed E-state index contributed by atoms with van der Waals surface area (Å²) in [6, 6.07) is 13.3. The van der Waals surface area contributed by atoms with Crippen LogP contribution in [0.1, 0.15) is 17.3 Å². The molecule has 22 heavy (non-hydrogen) atoms. The Labute approximate surface area is 138 Å². The number of hydrogen-bond donors (Lipinski definition) is 1. The number of esters is 1. The number of amides is 1. The number of nitrogens with one attached hydrogen (secondary N) is 1. The second-order valence-corrected chi connectivity index (χ2v) is 5.35. The third kappa shape index (κ3) is 4.23. The first-order valence-electron chi connectivity index (χ1n) is 6.49. The molecule has 114 valence electrons. The fourth-order valence-electron chi connectivity index (χ4n) is 1.67. The van der Waals surface area contributed by atoms with Crippen LogP contribution in [0, 0.1) is 0 Å². The van der Waals surface area contributed by atoms with Crippen molar-refractivity contribution in [2.45, 2.75) is 13.0 Å². The van der Waals surface area contributed by atoms with E-state index < -0.39 is 18.0 Å². The lowest BCUT2D eigenvalue weighted by atomic mass is 10.2. The summed E-state index contributed by atoms with van der Waals surface area (Å²) in [4.78, 5) is 23.9. The minimum atomic E-state index is -0.942. The van der Waals surface area contributed by atoms with E-state index in [0.29, 0.717) is 10.7 Å². The zero-order chi connectivity index (χ0) is 16.1. The second-order valence-electron chi connectivity index (χ2n) is 4.53. The number of ether oxygens (including phenoxy) is 1. The summed E-state index contributed by atoms with van der Waals surface area (Å²) in [7, 11) is 0. The number of halogens is 2. The van der Waals surface area contributed by atoms with Gasteiger partial charge < -0.3 is 10.1 Å². The van der Waals surface area contributed by atoms with Crippen molar-refractivity contribution in [1.29, 1.82) is 0 Å². The number of para-hydroxylation sites is 1. The zero-order valence-electron chi connectivity index (χ0n) is 11.7. The number of anilines is 1. The largest absolute Gasteiger partial charge is 0.449 e. The molecule has 0 aromatic heterocycles. The molecule has 0 spiro atoms. The molecule has 2 aromatic rings. The van der Waals surface area contributed by atoms with Gasteiger partial charge in [0.2, 0.25) is 0 Å². The van der Waals surface area contributed by atoms with E-state index in [1.807, 2.05) is 6.07 Å². The van der Waals surface area contributed by atoms with E-state index in [9.17, 15) is 9.59 Å². The van der Waals surface area contributed by atoms with Crippen LogP contribution < -0.4 is 5.32 Å². The predicted octanol–water partition coefficient (Wildman–Crippen LogP) is 4.18. The molecule has 1 N–H and O–H groups in total. The molecule has 2 rings (SSSR count). The van der Waals surface area contributed by atoms with Crippen molar-refractivity contribution in [3.8, 4) is 0 Å². The maximum Gasteiger partial charge on any atom is 0.338 e. The third-order valence-electron chi connectivity index (χ3n) is 2.85. The van der Waals surface area contributed by atoms with Crippen LogP contribution in [-0.4, -0.2) is 18.0 Å². The normalized spacial score (nSPS) is 11.6. The summed E-state index contributed by atoms with van der Waals surface area (Å²) in [5.41, 5.74) is 0.860. The molecule has 0 aliphatic rings. The van der Waals surface area contributed by atoms with Crippen molar-refractivity contribution in [1.82, 2.24) is 0 Å². The molecule has 0 radical (unpaired) electrons. The molecule has 0 aliphatic carbocycles. The highest BCUT2D eigenvalue weighted by molar-refractivity contribution is 6.42. The Morgan fingerprint density at radius 1 is 1.05 bits per heavy atom. The summed E-state index contributed by atoms with van der Waals surface area (Å²) in [5, 5.41) is 3.24. The number of hydrogen-bond acceptors (Lipinski definition) is 3. The van der Waals surface area contributed by atoms with Crippen molar-refractivity contribution in [2.24, 2.45) is 0 Å². The van der Waals surface area contributed by atoms with Crippen LogP contribution in [0.2, 0.25) is 10.0 Å². The molecule has 0 heterocycles. The van der Waals surface area contributed by atoms with E-state index >= 15 is 0 Å². The minimum Gasteiger partial charge on any atom is -0.449 e. The molecule has 0 unspecified atom stereocenters. The average Bonchev–Trinajstić information content (AvgIpc) is 2.50. The third-order valence-corrected chi connectivity index (χ3v) is 3.59. The number of benzene rings is 2. The van der Waals surface area contributed by atoms with Gasteiger partial charge in [0.15, 0.2) is 6.10 Å². The molecular weight excluding hydrogens is 325 g/mol. The van der Waals surface area contributed by atoms with Gasteiger partial charge in [0.25, 0.3) is 5.91 Å². The number of carbonyl (C=O) groups is 2. The van der Waals surface area contributed by atoms with Gasteiger partial charge in [0, 0.05) is 5.69 Å². The summed E-state index contributed by atoms with van der Waals surface area (Å²) in [6.45, 7) is 1.49. The quantitative estimate of drug-likeness (QED) is 0.851. The monoisotopic (exact) mass is 337 g/mol. The van der Waals surface area contributed by atoms with Gasteiger partial charge in [-0.2, -0.15) is 0 Å². The van der Waals surface area contributed by atoms with Crippen LogP contribution >= 0.6 is 23.2 Å². The molecule has 1 amide bonds. The first-order valence-corrected chi connectivity index (χ1v) is 7.25. The Morgan fingerprint density at radius 3 is 2.36 bits per heavy atom. The van der Waals surface area contributed by atoms with Gasteiger partial charge >= 0.3 is 5.97 Å². The lowest BCUT2D eigenvalue weighted by Crippen LogP contribution is -2.29. The Bertz CT molecular complexity index is 689. The van der Waals surface area contributed by atoms with Gasteiger partial charge in [-0.1, -0.05) is 41.4 Å². The maximum absolute atomic E-state index is 12.0. The van der Waals surface area contributed by atoms with Crippen molar-refractivity contribution in [3.63, 3.8) is 0 Å². The second kappa shape index (κ2) is 7.29. The minimum absolute atomic E-state index is 0.230. The van der Waals surface area contributed by atoms with Crippen LogP contribution in [-0.2, 0) is 9.53 Å². The average molecular weight is 338 g/mol. The van der Waals surface area contributed by atoms with Gasteiger partial charge in [-0.15, -0.1) is 0 Å². The SMILES string of the molecule is C[C@H](OC(=O)c1ccc(Cl)c(Cl)c1)C(=O)Nc1ccccc1. The predicted molar refractivity (Wildman–Crippen MR) is 86.4 cm³/mol. The van der Waals surface area contributed by atoms with Gasteiger partial charge in [-0.3, -0.25) is 4.79 Å². The van der Waals surface area contributed by atoms with Gasteiger partial charge in [0.1, 0.15) is 0 Å². The van der Waals surface area contributed by atoms with E-state index in [1.165, 1.54) is 25.1 Å². The lowest BCUT2D eigenvalue weighted by molar-refractivity contribution is -0.123.